The molecule has 0 saturated heterocycles. The molecule has 0 atom stereocenters. The lowest BCUT2D eigenvalue weighted by Crippen LogP contribution is -2.37. The summed E-state index contributed by atoms with van der Waals surface area (Å²) in [5.41, 5.74) is 0.0716. The molecule has 4 nitrogen and oxygen atoms in total. The standard InChI is InChI=1S/C10H11BrF2N2O2/c11-7-1-2-8(14-5-7)10(17)15(3-4-16)6-9(12)13/h1-2,5,9,16H,3-4,6H2. The predicted molar refractivity (Wildman–Crippen MR) is 60.9 cm³/mol. The smallest absolute Gasteiger partial charge is 0.272 e. The van der Waals surface area contributed by atoms with Crippen LogP contribution in [0.5, 0.6) is 0 Å². The number of halogens is 3. The fraction of sp³-hybridized carbons (Fsp3) is 0.400. The van der Waals surface area contributed by atoms with E-state index in [4.69, 9.17) is 5.11 Å². The third-order valence-electron chi connectivity index (χ3n) is 1.96. The Kier molecular flexibility index (Phi) is 5.43. The number of carbonyl (C=O) groups excluding carboxylic acids is 1. The van der Waals surface area contributed by atoms with Gasteiger partial charge in [0.1, 0.15) is 5.69 Å². The first-order valence-corrected chi connectivity index (χ1v) is 5.63. The lowest BCUT2D eigenvalue weighted by Gasteiger charge is -2.20. The van der Waals surface area contributed by atoms with Gasteiger partial charge >= 0.3 is 0 Å². The maximum absolute atomic E-state index is 12.2. The van der Waals surface area contributed by atoms with Crippen LogP contribution in [-0.4, -0.2) is 47.0 Å². The lowest BCUT2D eigenvalue weighted by molar-refractivity contribution is 0.0504. The second kappa shape index (κ2) is 6.61. The summed E-state index contributed by atoms with van der Waals surface area (Å²) in [7, 11) is 0. The molecule has 0 spiro atoms. The summed E-state index contributed by atoms with van der Waals surface area (Å²) >= 11 is 3.16. The van der Waals surface area contributed by atoms with Gasteiger partial charge in [-0.05, 0) is 28.1 Å². The topological polar surface area (TPSA) is 53.4 Å². The maximum atomic E-state index is 12.2. The first-order valence-electron chi connectivity index (χ1n) is 4.84. The van der Waals surface area contributed by atoms with Gasteiger partial charge in [0.05, 0.1) is 13.2 Å². The van der Waals surface area contributed by atoms with E-state index in [1.165, 1.54) is 12.3 Å². The van der Waals surface area contributed by atoms with Crippen LogP contribution in [0.3, 0.4) is 0 Å². The average molecular weight is 309 g/mol. The van der Waals surface area contributed by atoms with Crippen LogP contribution in [0.2, 0.25) is 0 Å². The molecular weight excluding hydrogens is 298 g/mol. The second-order valence-corrected chi connectivity index (χ2v) is 4.14. The molecule has 0 aliphatic rings. The minimum Gasteiger partial charge on any atom is -0.395 e. The zero-order valence-corrected chi connectivity index (χ0v) is 10.4. The Balaban J connectivity index is 2.79. The summed E-state index contributed by atoms with van der Waals surface area (Å²) in [6, 6.07) is 3.03. The van der Waals surface area contributed by atoms with Crippen LogP contribution in [0.4, 0.5) is 8.78 Å². The van der Waals surface area contributed by atoms with E-state index >= 15 is 0 Å². The molecule has 0 saturated carbocycles. The molecule has 0 aromatic carbocycles. The highest BCUT2D eigenvalue weighted by molar-refractivity contribution is 9.10. The van der Waals surface area contributed by atoms with Gasteiger partial charge in [0, 0.05) is 17.2 Å². The third-order valence-corrected chi connectivity index (χ3v) is 2.43. The van der Waals surface area contributed by atoms with E-state index in [0.29, 0.717) is 4.47 Å². The SMILES string of the molecule is O=C(c1ccc(Br)cn1)N(CCO)CC(F)F. The van der Waals surface area contributed by atoms with Crippen LogP contribution in [0, 0.1) is 0 Å². The molecule has 1 aromatic rings. The second-order valence-electron chi connectivity index (χ2n) is 3.23. The largest absolute Gasteiger partial charge is 0.395 e. The van der Waals surface area contributed by atoms with Crippen LogP contribution in [0.25, 0.3) is 0 Å². The van der Waals surface area contributed by atoms with Crippen LogP contribution < -0.4 is 0 Å². The summed E-state index contributed by atoms with van der Waals surface area (Å²) in [6.45, 7) is -1.22. The van der Waals surface area contributed by atoms with Crippen LogP contribution in [-0.2, 0) is 0 Å². The summed E-state index contributed by atoms with van der Waals surface area (Å²) in [5, 5.41) is 8.72. The Morgan fingerprint density at radius 3 is 2.71 bits per heavy atom. The number of amides is 1. The molecule has 1 heterocycles. The van der Waals surface area contributed by atoms with Gasteiger partial charge in [-0.2, -0.15) is 0 Å². The quantitative estimate of drug-likeness (QED) is 0.898. The van der Waals surface area contributed by atoms with Crippen LogP contribution in [0.1, 0.15) is 10.5 Å². The van der Waals surface area contributed by atoms with Crippen molar-refractivity contribution in [1.29, 1.82) is 0 Å². The van der Waals surface area contributed by atoms with Gasteiger partial charge in [0.2, 0.25) is 0 Å². The van der Waals surface area contributed by atoms with Crippen LogP contribution >= 0.6 is 15.9 Å². The zero-order valence-electron chi connectivity index (χ0n) is 8.81. The van der Waals surface area contributed by atoms with E-state index in [1.54, 1.807) is 6.07 Å². The van der Waals surface area contributed by atoms with E-state index in [0.717, 1.165) is 4.90 Å². The molecule has 0 aliphatic heterocycles. The molecule has 0 aliphatic carbocycles. The Morgan fingerprint density at radius 1 is 1.53 bits per heavy atom. The Morgan fingerprint density at radius 2 is 2.24 bits per heavy atom. The number of carbonyl (C=O) groups is 1. The molecule has 0 bridgehead atoms. The molecule has 1 amide bonds. The van der Waals surface area contributed by atoms with Crippen molar-refractivity contribution in [2.24, 2.45) is 0 Å². The number of aliphatic hydroxyl groups excluding tert-OH is 1. The molecule has 7 heteroatoms. The van der Waals surface area contributed by atoms with Gasteiger partial charge in [-0.25, -0.2) is 13.8 Å². The number of hydrogen-bond acceptors (Lipinski definition) is 3. The number of alkyl halides is 2. The summed E-state index contributed by atoms with van der Waals surface area (Å²) in [4.78, 5) is 16.5. The number of aliphatic hydroxyl groups is 1. The third kappa shape index (κ3) is 4.35. The molecule has 0 radical (unpaired) electrons. The summed E-state index contributed by atoms with van der Waals surface area (Å²) < 4.78 is 25.2. The number of hydrogen-bond donors (Lipinski definition) is 1. The molecule has 17 heavy (non-hydrogen) atoms. The number of aromatic nitrogens is 1. The van der Waals surface area contributed by atoms with Gasteiger partial charge in [0.25, 0.3) is 12.3 Å². The number of pyridine rings is 1. The Hall–Kier alpha value is -1.08. The average Bonchev–Trinajstić information content (AvgIpc) is 2.28. The van der Waals surface area contributed by atoms with Gasteiger partial charge in [-0.1, -0.05) is 0 Å². The fourth-order valence-electron chi connectivity index (χ4n) is 1.23. The Bertz CT molecular complexity index is 373. The molecule has 0 fully saturated rings. The van der Waals surface area contributed by atoms with Gasteiger partial charge in [-0.3, -0.25) is 4.79 Å². The molecule has 1 N–H and O–H groups in total. The minimum absolute atomic E-state index is 0.0716. The molecular formula is C10H11BrF2N2O2. The number of nitrogens with zero attached hydrogens (tertiary/aromatic N) is 2. The molecule has 1 aromatic heterocycles. The highest BCUT2D eigenvalue weighted by atomic mass is 79.9. The molecule has 94 valence electrons. The highest BCUT2D eigenvalue weighted by Gasteiger charge is 2.20. The van der Waals surface area contributed by atoms with Crippen molar-refractivity contribution in [3.8, 4) is 0 Å². The lowest BCUT2D eigenvalue weighted by atomic mass is 10.3. The normalized spacial score (nSPS) is 10.6. The van der Waals surface area contributed by atoms with Crippen molar-refractivity contribution < 1.29 is 18.7 Å². The van der Waals surface area contributed by atoms with Crippen molar-refractivity contribution >= 4 is 21.8 Å². The predicted octanol–water partition coefficient (Wildman–Crippen LogP) is 1.54. The van der Waals surface area contributed by atoms with Gasteiger partial charge < -0.3 is 10.0 Å². The van der Waals surface area contributed by atoms with Crippen molar-refractivity contribution in [2.45, 2.75) is 6.43 Å². The number of rotatable bonds is 5. The van der Waals surface area contributed by atoms with Crippen molar-refractivity contribution in [1.82, 2.24) is 9.88 Å². The summed E-state index contributed by atoms with van der Waals surface area (Å²) in [5.74, 6) is -0.619. The van der Waals surface area contributed by atoms with E-state index in [9.17, 15) is 13.6 Å². The molecule has 1 rings (SSSR count). The van der Waals surface area contributed by atoms with E-state index in [2.05, 4.69) is 20.9 Å². The van der Waals surface area contributed by atoms with Crippen molar-refractivity contribution in [2.75, 3.05) is 19.7 Å². The Labute approximate surface area is 105 Å². The monoisotopic (exact) mass is 308 g/mol. The van der Waals surface area contributed by atoms with E-state index in [-0.39, 0.29) is 18.8 Å². The first kappa shape index (κ1) is 14.0. The van der Waals surface area contributed by atoms with Crippen molar-refractivity contribution in [3.05, 3.63) is 28.5 Å². The highest BCUT2D eigenvalue weighted by Crippen LogP contribution is 2.10. The van der Waals surface area contributed by atoms with E-state index < -0.39 is 18.9 Å². The maximum Gasteiger partial charge on any atom is 0.272 e. The van der Waals surface area contributed by atoms with Crippen molar-refractivity contribution in [3.63, 3.8) is 0 Å². The summed E-state index contributed by atoms with van der Waals surface area (Å²) in [6.07, 6.45) is -1.23. The van der Waals surface area contributed by atoms with E-state index in [1.807, 2.05) is 0 Å². The fourth-order valence-corrected chi connectivity index (χ4v) is 1.46. The minimum atomic E-state index is -2.64. The molecule has 0 unspecified atom stereocenters. The van der Waals surface area contributed by atoms with Gasteiger partial charge in [-0.15, -0.1) is 0 Å². The van der Waals surface area contributed by atoms with Crippen LogP contribution in [0.15, 0.2) is 22.8 Å². The first-order chi connectivity index (χ1) is 8.04. The zero-order chi connectivity index (χ0) is 12.8. The van der Waals surface area contributed by atoms with Gasteiger partial charge in [0.15, 0.2) is 0 Å².